The largest absolute Gasteiger partial charge is 0.342 e. The molecule has 1 aliphatic heterocycles. The Bertz CT molecular complexity index is 651. The van der Waals surface area contributed by atoms with Crippen molar-refractivity contribution in [1.82, 2.24) is 14.7 Å². The van der Waals surface area contributed by atoms with E-state index in [1.165, 1.54) is 32.1 Å². The molecule has 1 aromatic rings. The lowest BCUT2D eigenvalue weighted by molar-refractivity contribution is -0.137. The van der Waals surface area contributed by atoms with Crippen LogP contribution in [-0.2, 0) is 4.79 Å². The highest BCUT2D eigenvalue weighted by atomic mass is 16.2. The zero-order chi connectivity index (χ0) is 16.5. The summed E-state index contributed by atoms with van der Waals surface area (Å²) in [6.45, 7) is 1.53. The molecule has 1 amide bonds. The van der Waals surface area contributed by atoms with Gasteiger partial charge in [0, 0.05) is 31.0 Å². The fourth-order valence-corrected chi connectivity index (χ4v) is 4.24. The molecule has 1 aromatic heterocycles. The molecule has 24 heavy (non-hydrogen) atoms. The average Bonchev–Trinajstić information content (AvgIpc) is 3.48. The van der Waals surface area contributed by atoms with Crippen LogP contribution in [0.4, 0.5) is 0 Å². The van der Waals surface area contributed by atoms with Gasteiger partial charge in [-0.25, -0.2) is 4.68 Å². The molecule has 0 unspecified atom stereocenters. The third-order valence-electron chi connectivity index (χ3n) is 5.92. The number of aromatic nitrogens is 2. The third-order valence-corrected chi connectivity index (χ3v) is 5.92. The summed E-state index contributed by atoms with van der Waals surface area (Å²) in [5, 5.41) is 4.62. The SMILES string of the molecule is O=C(C1CCCCC1)N1CCC(n2nc(C3CC3)ccc2=O)CC1. The highest BCUT2D eigenvalue weighted by Gasteiger charge is 2.31. The number of carbonyl (C=O) groups excluding carboxylic acids is 1. The van der Waals surface area contributed by atoms with Gasteiger partial charge in [-0.15, -0.1) is 0 Å². The Hall–Kier alpha value is -1.65. The molecule has 2 saturated carbocycles. The van der Waals surface area contributed by atoms with Crippen LogP contribution >= 0.6 is 0 Å². The second-order valence-corrected chi connectivity index (χ2v) is 7.71. The smallest absolute Gasteiger partial charge is 0.267 e. The highest BCUT2D eigenvalue weighted by Crippen LogP contribution is 2.38. The molecule has 1 saturated heterocycles. The van der Waals surface area contributed by atoms with E-state index < -0.39 is 0 Å². The summed E-state index contributed by atoms with van der Waals surface area (Å²) < 4.78 is 1.69. The van der Waals surface area contributed by atoms with Crippen LogP contribution in [0, 0.1) is 5.92 Å². The van der Waals surface area contributed by atoms with Gasteiger partial charge in [0.15, 0.2) is 0 Å². The number of amides is 1. The summed E-state index contributed by atoms with van der Waals surface area (Å²) >= 11 is 0. The molecular formula is C19H27N3O2. The Kier molecular flexibility index (Phi) is 4.42. The van der Waals surface area contributed by atoms with E-state index in [-0.39, 0.29) is 17.5 Å². The first-order chi connectivity index (χ1) is 11.7. The highest BCUT2D eigenvalue weighted by molar-refractivity contribution is 5.79. The predicted molar refractivity (Wildman–Crippen MR) is 91.9 cm³/mol. The Morgan fingerprint density at radius 3 is 2.33 bits per heavy atom. The van der Waals surface area contributed by atoms with Crippen LogP contribution < -0.4 is 5.56 Å². The standard InChI is InChI=1S/C19H27N3O2/c23-18-9-8-17(14-6-7-14)20-22(18)16-10-12-21(13-11-16)19(24)15-4-2-1-3-5-15/h8-9,14-16H,1-7,10-13H2. The zero-order valence-corrected chi connectivity index (χ0v) is 14.3. The molecule has 3 aliphatic rings. The monoisotopic (exact) mass is 329 g/mol. The number of carbonyl (C=O) groups is 1. The lowest BCUT2D eigenvalue weighted by atomic mass is 9.87. The van der Waals surface area contributed by atoms with Crippen LogP contribution in [0.3, 0.4) is 0 Å². The molecule has 5 nitrogen and oxygen atoms in total. The van der Waals surface area contributed by atoms with Gasteiger partial charge >= 0.3 is 0 Å². The summed E-state index contributed by atoms with van der Waals surface area (Å²) in [5.74, 6) is 1.15. The van der Waals surface area contributed by atoms with Crippen molar-refractivity contribution in [1.29, 1.82) is 0 Å². The molecule has 3 fully saturated rings. The van der Waals surface area contributed by atoms with Gasteiger partial charge in [-0.1, -0.05) is 19.3 Å². The van der Waals surface area contributed by atoms with E-state index in [2.05, 4.69) is 5.10 Å². The summed E-state index contributed by atoms with van der Waals surface area (Å²) in [4.78, 5) is 26.9. The van der Waals surface area contributed by atoms with E-state index in [1.54, 1.807) is 10.7 Å². The summed E-state index contributed by atoms with van der Waals surface area (Å²) in [5.41, 5.74) is 1.06. The van der Waals surface area contributed by atoms with Crippen LogP contribution in [0.1, 0.15) is 75.4 Å². The van der Waals surface area contributed by atoms with E-state index in [1.807, 2.05) is 11.0 Å². The van der Waals surface area contributed by atoms with Gasteiger partial charge < -0.3 is 4.90 Å². The minimum absolute atomic E-state index is 0.00328. The molecule has 0 aromatic carbocycles. The Morgan fingerprint density at radius 2 is 1.67 bits per heavy atom. The average molecular weight is 329 g/mol. The van der Waals surface area contributed by atoms with E-state index in [0.717, 1.165) is 44.5 Å². The van der Waals surface area contributed by atoms with Gasteiger partial charge in [-0.05, 0) is 44.6 Å². The minimum Gasteiger partial charge on any atom is -0.342 e. The Balaban J connectivity index is 1.40. The summed E-state index contributed by atoms with van der Waals surface area (Å²) in [6.07, 6.45) is 9.86. The van der Waals surface area contributed by atoms with Gasteiger partial charge in [0.25, 0.3) is 5.56 Å². The summed E-state index contributed by atoms with van der Waals surface area (Å²) in [7, 11) is 0. The van der Waals surface area contributed by atoms with Crippen molar-refractivity contribution in [3.63, 3.8) is 0 Å². The fourth-order valence-electron chi connectivity index (χ4n) is 4.24. The van der Waals surface area contributed by atoms with Crippen molar-refractivity contribution in [3.8, 4) is 0 Å². The molecule has 5 heteroatoms. The van der Waals surface area contributed by atoms with E-state index in [4.69, 9.17) is 0 Å². The van der Waals surface area contributed by atoms with Gasteiger partial charge in [-0.2, -0.15) is 5.10 Å². The molecular weight excluding hydrogens is 302 g/mol. The van der Waals surface area contributed by atoms with Crippen molar-refractivity contribution in [2.45, 2.75) is 69.7 Å². The predicted octanol–water partition coefficient (Wildman–Crippen LogP) is 2.86. The van der Waals surface area contributed by atoms with Crippen LogP contribution in [0.2, 0.25) is 0 Å². The quantitative estimate of drug-likeness (QED) is 0.857. The molecule has 130 valence electrons. The topological polar surface area (TPSA) is 55.2 Å². The number of piperidine rings is 1. The molecule has 4 rings (SSSR count). The van der Waals surface area contributed by atoms with Gasteiger partial charge in [-0.3, -0.25) is 9.59 Å². The maximum Gasteiger partial charge on any atom is 0.267 e. The lowest BCUT2D eigenvalue weighted by Crippen LogP contribution is -2.44. The zero-order valence-electron chi connectivity index (χ0n) is 14.3. The lowest BCUT2D eigenvalue weighted by Gasteiger charge is -2.35. The molecule has 0 radical (unpaired) electrons. The van der Waals surface area contributed by atoms with Gasteiger partial charge in [0.05, 0.1) is 11.7 Å². The number of hydrogen-bond donors (Lipinski definition) is 0. The van der Waals surface area contributed by atoms with Crippen LogP contribution in [-0.4, -0.2) is 33.7 Å². The molecule has 2 heterocycles. The maximum absolute atomic E-state index is 12.7. The minimum atomic E-state index is -0.00328. The van der Waals surface area contributed by atoms with Crippen molar-refractivity contribution < 1.29 is 4.79 Å². The van der Waals surface area contributed by atoms with Crippen LogP contribution in [0.25, 0.3) is 0 Å². The van der Waals surface area contributed by atoms with E-state index in [0.29, 0.717) is 11.8 Å². The normalized spacial score (nSPS) is 23.4. The first-order valence-electron chi connectivity index (χ1n) is 9.61. The molecule has 0 spiro atoms. The van der Waals surface area contributed by atoms with E-state index >= 15 is 0 Å². The molecule has 0 bridgehead atoms. The number of nitrogens with zero attached hydrogens (tertiary/aromatic N) is 3. The van der Waals surface area contributed by atoms with Gasteiger partial charge in [0.1, 0.15) is 0 Å². The third kappa shape index (κ3) is 3.26. The molecule has 0 atom stereocenters. The number of rotatable bonds is 3. The van der Waals surface area contributed by atoms with Crippen molar-refractivity contribution in [3.05, 3.63) is 28.2 Å². The van der Waals surface area contributed by atoms with Gasteiger partial charge in [0.2, 0.25) is 5.91 Å². The first kappa shape index (κ1) is 15.9. The van der Waals surface area contributed by atoms with Crippen LogP contribution in [0.5, 0.6) is 0 Å². The van der Waals surface area contributed by atoms with E-state index in [9.17, 15) is 9.59 Å². The van der Waals surface area contributed by atoms with Crippen molar-refractivity contribution in [2.75, 3.05) is 13.1 Å². The second kappa shape index (κ2) is 6.69. The molecule has 0 N–H and O–H groups in total. The van der Waals surface area contributed by atoms with Crippen molar-refractivity contribution in [2.24, 2.45) is 5.92 Å². The van der Waals surface area contributed by atoms with Crippen molar-refractivity contribution >= 4 is 5.91 Å². The fraction of sp³-hybridized carbons (Fsp3) is 0.737. The first-order valence-corrected chi connectivity index (χ1v) is 9.61. The van der Waals surface area contributed by atoms with Crippen LogP contribution in [0.15, 0.2) is 16.9 Å². The Morgan fingerprint density at radius 1 is 0.958 bits per heavy atom. The molecule has 2 aliphatic carbocycles. The Labute approximate surface area is 143 Å². The number of likely N-dealkylation sites (tertiary alicyclic amines) is 1. The maximum atomic E-state index is 12.7. The summed E-state index contributed by atoms with van der Waals surface area (Å²) in [6, 6.07) is 3.70. The number of hydrogen-bond acceptors (Lipinski definition) is 3. The second-order valence-electron chi connectivity index (χ2n) is 7.71.